The molecular weight excluding hydrogens is 505 g/mol. The number of carbonyl (C=O) groups excluding carboxylic acids is 2. The summed E-state index contributed by atoms with van der Waals surface area (Å²) in [4.78, 5) is 28.1. The first-order valence-corrected chi connectivity index (χ1v) is 13.0. The molecule has 5 nitrogen and oxygen atoms in total. The Labute approximate surface area is 227 Å². The summed E-state index contributed by atoms with van der Waals surface area (Å²) in [6, 6.07) is 15.7. The zero-order valence-electron chi connectivity index (χ0n) is 22.1. The minimum atomic E-state index is -0.938. The van der Waals surface area contributed by atoms with Crippen LogP contribution in [0.2, 0.25) is 5.02 Å². The average Bonchev–Trinajstić information content (AvgIpc) is 3.15. The molecule has 0 aromatic heterocycles. The van der Waals surface area contributed by atoms with E-state index in [4.69, 9.17) is 16.3 Å². The maximum atomic E-state index is 13.9. The number of hydrogen-bond acceptors (Lipinski definition) is 4. The predicted octanol–water partition coefficient (Wildman–Crippen LogP) is 7.36. The molecule has 1 aliphatic rings. The van der Waals surface area contributed by atoms with Gasteiger partial charge in [0, 0.05) is 16.8 Å². The van der Waals surface area contributed by atoms with E-state index in [1.54, 1.807) is 18.2 Å². The Kier molecular flexibility index (Phi) is 7.65. The van der Waals surface area contributed by atoms with Gasteiger partial charge in [-0.05, 0) is 66.3 Å². The molecule has 0 spiro atoms. The van der Waals surface area contributed by atoms with Crippen molar-refractivity contribution in [3.63, 3.8) is 0 Å². The van der Waals surface area contributed by atoms with Gasteiger partial charge in [0.1, 0.15) is 17.3 Å². The van der Waals surface area contributed by atoms with Crippen LogP contribution in [0.15, 0.2) is 66.2 Å². The number of amides is 1. The van der Waals surface area contributed by atoms with E-state index in [-0.39, 0.29) is 27.5 Å². The molecule has 0 aliphatic carbocycles. The van der Waals surface area contributed by atoms with Crippen molar-refractivity contribution in [2.24, 2.45) is 0 Å². The summed E-state index contributed by atoms with van der Waals surface area (Å²) in [7, 11) is 0. The number of halogens is 2. The minimum Gasteiger partial charge on any atom is -0.507 e. The van der Waals surface area contributed by atoms with Crippen molar-refractivity contribution < 1.29 is 23.8 Å². The first-order chi connectivity index (χ1) is 18.0. The van der Waals surface area contributed by atoms with Crippen LogP contribution in [0.1, 0.15) is 62.9 Å². The molecule has 0 saturated carbocycles. The quantitative estimate of drug-likeness (QED) is 0.203. The summed E-state index contributed by atoms with van der Waals surface area (Å²) in [6.45, 7) is 10.5. The second-order valence-electron chi connectivity index (χ2n) is 10.3. The summed E-state index contributed by atoms with van der Waals surface area (Å²) in [5, 5.41) is 11.4. The van der Waals surface area contributed by atoms with Crippen LogP contribution in [-0.4, -0.2) is 23.4 Å². The number of hydrogen-bond donors (Lipinski definition) is 1. The summed E-state index contributed by atoms with van der Waals surface area (Å²) in [5.41, 5.74) is 2.85. The van der Waals surface area contributed by atoms with Gasteiger partial charge >= 0.3 is 0 Å². The third-order valence-electron chi connectivity index (χ3n) is 6.69. The lowest BCUT2D eigenvalue weighted by Crippen LogP contribution is -2.29. The number of ether oxygens (including phenoxy) is 1. The molecule has 3 aromatic rings. The molecule has 3 aromatic carbocycles. The highest BCUT2D eigenvalue weighted by Gasteiger charge is 2.47. The van der Waals surface area contributed by atoms with Crippen molar-refractivity contribution in [3.05, 3.63) is 99.3 Å². The molecular formula is C31H31ClFNO4. The Morgan fingerprint density at radius 3 is 2.29 bits per heavy atom. The van der Waals surface area contributed by atoms with Crippen molar-refractivity contribution in [2.45, 2.75) is 52.5 Å². The first kappa shape index (κ1) is 27.4. The molecule has 0 radical (unpaired) electrons. The Balaban J connectivity index is 1.95. The SMILES string of the molecule is CCOc1ccc(/C(O)=C2/C(=O)C(=O)N(c3ccc(F)c(Cl)c3)C2c2ccc(CC)cc2)cc1C(C)(C)C. The van der Waals surface area contributed by atoms with Crippen LogP contribution in [0.3, 0.4) is 0 Å². The smallest absolute Gasteiger partial charge is 0.300 e. The largest absolute Gasteiger partial charge is 0.507 e. The van der Waals surface area contributed by atoms with Gasteiger partial charge in [0.2, 0.25) is 0 Å². The molecule has 1 amide bonds. The van der Waals surface area contributed by atoms with Gasteiger partial charge in [-0.25, -0.2) is 4.39 Å². The van der Waals surface area contributed by atoms with E-state index in [0.717, 1.165) is 23.6 Å². The molecule has 38 heavy (non-hydrogen) atoms. The van der Waals surface area contributed by atoms with E-state index in [9.17, 15) is 19.1 Å². The van der Waals surface area contributed by atoms with Crippen LogP contribution >= 0.6 is 11.6 Å². The number of nitrogens with zero attached hydrogens (tertiary/aromatic N) is 1. The Morgan fingerprint density at radius 1 is 1.03 bits per heavy atom. The fourth-order valence-electron chi connectivity index (χ4n) is 4.69. The third kappa shape index (κ3) is 5.05. The maximum Gasteiger partial charge on any atom is 0.300 e. The van der Waals surface area contributed by atoms with Gasteiger partial charge in [0.25, 0.3) is 11.7 Å². The van der Waals surface area contributed by atoms with Gasteiger partial charge in [0.15, 0.2) is 0 Å². The monoisotopic (exact) mass is 535 g/mol. The lowest BCUT2D eigenvalue weighted by atomic mass is 9.84. The van der Waals surface area contributed by atoms with Crippen LogP contribution in [0.5, 0.6) is 5.75 Å². The summed E-state index contributed by atoms with van der Waals surface area (Å²) in [5.74, 6) is -1.92. The fourth-order valence-corrected chi connectivity index (χ4v) is 4.86. The van der Waals surface area contributed by atoms with Gasteiger partial charge in [-0.2, -0.15) is 0 Å². The minimum absolute atomic E-state index is 0.0521. The molecule has 4 rings (SSSR count). The van der Waals surface area contributed by atoms with E-state index in [1.807, 2.05) is 58.9 Å². The summed E-state index contributed by atoms with van der Waals surface area (Å²) in [6.07, 6.45) is 0.815. The normalized spacial score (nSPS) is 17.2. The average molecular weight is 536 g/mol. The first-order valence-electron chi connectivity index (χ1n) is 12.6. The van der Waals surface area contributed by atoms with Crippen LogP contribution in [0.4, 0.5) is 10.1 Å². The molecule has 198 valence electrons. The fraction of sp³-hybridized carbons (Fsp3) is 0.290. The predicted molar refractivity (Wildman–Crippen MR) is 148 cm³/mol. The van der Waals surface area contributed by atoms with Crippen molar-refractivity contribution in [3.8, 4) is 5.75 Å². The van der Waals surface area contributed by atoms with E-state index in [0.29, 0.717) is 23.5 Å². The van der Waals surface area contributed by atoms with E-state index in [1.165, 1.54) is 17.0 Å². The molecule has 1 unspecified atom stereocenters. The van der Waals surface area contributed by atoms with Crippen molar-refractivity contribution in [1.29, 1.82) is 0 Å². The zero-order valence-corrected chi connectivity index (χ0v) is 22.9. The molecule has 7 heteroatoms. The van der Waals surface area contributed by atoms with Crippen molar-refractivity contribution >= 4 is 34.7 Å². The van der Waals surface area contributed by atoms with Gasteiger partial charge < -0.3 is 9.84 Å². The number of anilines is 1. The maximum absolute atomic E-state index is 13.9. The molecule has 1 atom stereocenters. The Bertz CT molecular complexity index is 1420. The van der Waals surface area contributed by atoms with Crippen LogP contribution in [-0.2, 0) is 21.4 Å². The third-order valence-corrected chi connectivity index (χ3v) is 6.98. The Morgan fingerprint density at radius 2 is 1.71 bits per heavy atom. The number of Topliss-reactive ketones (excluding diaryl/α,β-unsaturated/α-hetero) is 1. The van der Waals surface area contributed by atoms with Crippen LogP contribution < -0.4 is 9.64 Å². The highest BCUT2D eigenvalue weighted by Crippen LogP contribution is 2.44. The summed E-state index contributed by atoms with van der Waals surface area (Å²) < 4.78 is 19.7. The highest BCUT2D eigenvalue weighted by molar-refractivity contribution is 6.51. The Hall–Kier alpha value is -3.64. The van der Waals surface area contributed by atoms with Gasteiger partial charge in [0.05, 0.1) is 23.2 Å². The number of ketones is 1. The topological polar surface area (TPSA) is 66.8 Å². The van der Waals surface area contributed by atoms with E-state index in [2.05, 4.69) is 0 Å². The van der Waals surface area contributed by atoms with Crippen molar-refractivity contribution in [1.82, 2.24) is 0 Å². The molecule has 1 N–H and O–H groups in total. The van der Waals surface area contributed by atoms with Crippen molar-refractivity contribution in [2.75, 3.05) is 11.5 Å². The molecule has 1 aliphatic heterocycles. The van der Waals surface area contributed by atoms with E-state index < -0.39 is 23.5 Å². The number of aryl methyl sites for hydroxylation is 1. The second-order valence-corrected chi connectivity index (χ2v) is 10.7. The van der Waals surface area contributed by atoms with Gasteiger partial charge in [-0.15, -0.1) is 0 Å². The standard InChI is InChI=1S/C31H31ClFNO4/c1-6-18-8-10-19(11-9-18)27-26(29(36)30(37)34(27)21-13-14-24(33)23(32)17-21)28(35)20-12-15-25(38-7-2)22(16-20)31(3,4)5/h8-17,27,35H,6-7H2,1-5H3/b28-26-. The van der Waals surface area contributed by atoms with Crippen LogP contribution in [0, 0.1) is 5.82 Å². The lowest BCUT2D eigenvalue weighted by molar-refractivity contribution is -0.132. The zero-order chi connectivity index (χ0) is 27.8. The van der Waals surface area contributed by atoms with Crippen LogP contribution in [0.25, 0.3) is 5.76 Å². The molecule has 1 saturated heterocycles. The number of carbonyl (C=O) groups is 2. The van der Waals surface area contributed by atoms with Gasteiger partial charge in [-0.1, -0.05) is 63.6 Å². The van der Waals surface area contributed by atoms with E-state index >= 15 is 0 Å². The highest BCUT2D eigenvalue weighted by atomic mass is 35.5. The van der Waals surface area contributed by atoms with Gasteiger partial charge in [-0.3, -0.25) is 14.5 Å². The number of rotatable bonds is 6. The molecule has 1 fully saturated rings. The number of benzene rings is 3. The number of aliphatic hydroxyl groups is 1. The second kappa shape index (κ2) is 10.6. The molecule has 0 bridgehead atoms. The lowest BCUT2D eigenvalue weighted by Gasteiger charge is -2.26. The number of aliphatic hydroxyl groups excluding tert-OH is 1. The summed E-state index contributed by atoms with van der Waals surface area (Å²) >= 11 is 6.03. The molecule has 1 heterocycles.